The summed E-state index contributed by atoms with van der Waals surface area (Å²) < 4.78 is 6.54. The maximum atomic E-state index is 6.54. The van der Waals surface area contributed by atoms with E-state index < -0.39 is 0 Å². The Kier molecular flexibility index (Phi) is 5.58. The van der Waals surface area contributed by atoms with E-state index in [-0.39, 0.29) is 6.85 Å². The minimum atomic E-state index is 0.0398. The van der Waals surface area contributed by atoms with E-state index >= 15 is 0 Å². The molecule has 0 saturated heterocycles. The molecule has 4 heterocycles. The van der Waals surface area contributed by atoms with Crippen molar-refractivity contribution in [1.82, 2.24) is 0 Å². The normalized spacial score (nSPS) is 13.3. The molecule has 3 aliphatic heterocycles. The highest BCUT2D eigenvalue weighted by molar-refractivity contribution is 6.95. The van der Waals surface area contributed by atoms with Crippen molar-refractivity contribution in [2.45, 2.75) is 0 Å². The third-order valence-electron chi connectivity index (χ3n) is 11.4. The Bertz CT molecular complexity index is 2950. The van der Waals surface area contributed by atoms with Crippen molar-refractivity contribution in [3.8, 4) is 44.5 Å². The van der Waals surface area contributed by atoms with Crippen LogP contribution >= 0.6 is 0 Å². The highest BCUT2D eigenvalue weighted by Gasteiger charge is 2.48. The molecule has 0 radical (unpaired) electrons. The lowest BCUT2D eigenvalue weighted by Crippen LogP contribution is -2.63. The first-order valence-electron chi connectivity index (χ1n) is 18.0. The van der Waals surface area contributed by atoms with Crippen LogP contribution < -0.4 is 20.6 Å². The van der Waals surface area contributed by atoms with Gasteiger partial charge in [0.15, 0.2) is 0 Å². The topological polar surface area (TPSA) is 19.6 Å². The number of furan rings is 1. The summed E-state index contributed by atoms with van der Waals surface area (Å²) in [5.74, 6) is 0. The molecule has 0 N–H and O–H groups in total. The molecule has 0 unspecified atom stereocenters. The van der Waals surface area contributed by atoms with Crippen molar-refractivity contribution < 1.29 is 4.42 Å². The molecular formula is C48H29BN2O. The van der Waals surface area contributed by atoms with Crippen LogP contribution in [0, 0.1) is 0 Å². The molecule has 240 valence electrons. The number of para-hydroxylation sites is 3. The molecule has 0 fully saturated rings. The smallest absolute Gasteiger partial charge is 0.333 e. The molecule has 0 saturated carbocycles. The van der Waals surface area contributed by atoms with Gasteiger partial charge in [-0.15, -0.1) is 0 Å². The van der Waals surface area contributed by atoms with E-state index in [0.717, 1.165) is 38.8 Å². The Hall–Kier alpha value is -6.78. The average Bonchev–Trinajstić information content (AvgIpc) is 3.60. The van der Waals surface area contributed by atoms with Crippen LogP contribution in [0.3, 0.4) is 0 Å². The number of fused-ring (bicyclic) bond motifs is 9. The van der Waals surface area contributed by atoms with Crippen LogP contribution in [0.5, 0.6) is 0 Å². The van der Waals surface area contributed by atoms with Gasteiger partial charge in [-0.25, -0.2) is 0 Å². The Labute approximate surface area is 301 Å². The van der Waals surface area contributed by atoms with Crippen molar-refractivity contribution in [3.63, 3.8) is 0 Å². The van der Waals surface area contributed by atoms with Crippen LogP contribution in [0.25, 0.3) is 66.4 Å². The maximum absolute atomic E-state index is 6.54. The molecule has 0 atom stereocenters. The van der Waals surface area contributed by atoms with Crippen LogP contribution in [0.1, 0.15) is 0 Å². The highest BCUT2D eigenvalue weighted by Crippen LogP contribution is 2.52. The summed E-state index contributed by atoms with van der Waals surface area (Å²) in [5.41, 5.74) is 20.4. The van der Waals surface area contributed by atoms with E-state index in [1.807, 2.05) is 6.07 Å². The third kappa shape index (κ3) is 3.71. The molecule has 0 bridgehead atoms. The molecular weight excluding hydrogens is 631 g/mol. The van der Waals surface area contributed by atoms with Gasteiger partial charge >= 0.3 is 6.85 Å². The number of benzene rings is 8. The Morgan fingerprint density at radius 2 is 1.00 bits per heavy atom. The maximum Gasteiger partial charge on any atom is 0.333 e. The zero-order valence-electron chi connectivity index (χ0n) is 28.1. The predicted molar refractivity (Wildman–Crippen MR) is 217 cm³/mol. The largest absolute Gasteiger partial charge is 0.455 e. The molecule has 0 spiro atoms. The summed E-state index contributed by atoms with van der Waals surface area (Å²) in [7, 11) is 0. The van der Waals surface area contributed by atoms with E-state index in [1.165, 1.54) is 67.1 Å². The number of nitrogens with zero attached hydrogens (tertiary/aromatic N) is 2. The molecule has 12 rings (SSSR count). The second-order valence-corrected chi connectivity index (χ2v) is 14.0. The van der Waals surface area contributed by atoms with E-state index in [0.29, 0.717) is 0 Å². The van der Waals surface area contributed by atoms with Crippen molar-refractivity contribution >= 4 is 68.1 Å². The molecule has 9 aromatic rings. The number of hydrogen-bond donors (Lipinski definition) is 0. The first kappa shape index (κ1) is 28.0. The highest BCUT2D eigenvalue weighted by atomic mass is 16.3. The third-order valence-corrected chi connectivity index (χ3v) is 11.4. The van der Waals surface area contributed by atoms with Gasteiger partial charge in [-0.2, -0.15) is 0 Å². The van der Waals surface area contributed by atoms with Gasteiger partial charge in [0.05, 0.1) is 0 Å². The monoisotopic (exact) mass is 660 g/mol. The van der Waals surface area contributed by atoms with Gasteiger partial charge in [0, 0.05) is 55.9 Å². The Morgan fingerprint density at radius 3 is 1.87 bits per heavy atom. The molecule has 0 aliphatic carbocycles. The summed E-state index contributed by atoms with van der Waals surface area (Å²) >= 11 is 0. The van der Waals surface area contributed by atoms with Gasteiger partial charge in [-0.1, -0.05) is 127 Å². The molecule has 8 aromatic carbocycles. The first-order valence-corrected chi connectivity index (χ1v) is 18.0. The van der Waals surface area contributed by atoms with Gasteiger partial charge in [0.25, 0.3) is 0 Å². The lowest BCUT2D eigenvalue weighted by atomic mass is 9.41. The van der Waals surface area contributed by atoms with E-state index in [4.69, 9.17) is 4.42 Å². The standard InChI is InChI=1S/C48H29BN2O/c1-2-12-30(13-3-1)31-14-8-15-33(28-31)50-43-23-10-19-37-35-16-4-6-22-41(35)51-42-27-26-32(29-40(42)38-20-11-24-44(50)47(38)49(51)46(37)43)34-18-9-21-39-36-17-5-7-25-45(36)52-48(34)39/h1-29H. The fraction of sp³-hybridized carbons (Fsp3) is 0. The second-order valence-electron chi connectivity index (χ2n) is 14.0. The zero-order chi connectivity index (χ0) is 33.9. The van der Waals surface area contributed by atoms with Gasteiger partial charge in [0.1, 0.15) is 11.2 Å². The number of rotatable bonds is 3. The minimum absolute atomic E-state index is 0.0398. The van der Waals surface area contributed by atoms with E-state index in [9.17, 15) is 0 Å². The zero-order valence-corrected chi connectivity index (χ0v) is 28.1. The van der Waals surface area contributed by atoms with Gasteiger partial charge in [-0.3, -0.25) is 0 Å². The van der Waals surface area contributed by atoms with Crippen molar-refractivity contribution in [2.75, 3.05) is 9.71 Å². The van der Waals surface area contributed by atoms with E-state index in [2.05, 4.69) is 180 Å². The summed E-state index contributed by atoms with van der Waals surface area (Å²) in [5, 5.41) is 2.29. The van der Waals surface area contributed by atoms with Crippen LogP contribution in [-0.2, 0) is 0 Å². The van der Waals surface area contributed by atoms with Crippen LogP contribution in [0.4, 0.5) is 28.4 Å². The Morgan fingerprint density at radius 1 is 0.385 bits per heavy atom. The average molecular weight is 661 g/mol. The lowest BCUT2D eigenvalue weighted by Gasteiger charge is -2.49. The van der Waals surface area contributed by atoms with Crippen molar-refractivity contribution in [1.29, 1.82) is 0 Å². The van der Waals surface area contributed by atoms with Crippen LogP contribution in [0.15, 0.2) is 180 Å². The van der Waals surface area contributed by atoms with Gasteiger partial charge < -0.3 is 14.1 Å². The van der Waals surface area contributed by atoms with Gasteiger partial charge in [0.2, 0.25) is 0 Å². The predicted octanol–water partition coefficient (Wildman–Crippen LogP) is 11.6. The second kappa shape index (κ2) is 10.4. The SMILES string of the molecule is c1ccc(-c2cccc(N3c4cccc5c4B4c6c(cccc63)-c3cc(-c6cccc7c6oc6ccccc67)ccc3N4c3ccccc3-5)c2)cc1. The van der Waals surface area contributed by atoms with Crippen LogP contribution in [0.2, 0.25) is 0 Å². The molecule has 3 nitrogen and oxygen atoms in total. The summed E-state index contributed by atoms with van der Waals surface area (Å²) in [6.45, 7) is 0.0398. The molecule has 4 heteroatoms. The lowest BCUT2D eigenvalue weighted by molar-refractivity contribution is 0.670. The number of hydrogen-bond acceptors (Lipinski definition) is 3. The first-order chi connectivity index (χ1) is 25.8. The van der Waals surface area contributed by atoms with Crippen molar-refractivity contribution in [2.24, 2.45) is 0 Å². The van der Waals surface area contributed by atoms with Crippen LogP contribution in [-0.4, -0.2) is 6.85 Å². The summed E-state index contributed by atoms with van der Waals surface area (Å²) in [4.78, 5) is 5.10. The fourth-order valence-corrected chi connectivity index (χ4v) is 9.23. The fourth-order valence-electron chi connectivity index (χ4n) is 9.23. The quantitative estimate of drug-likeness (QED) is 0.176. The minimum Gasteiger partial charge on any atom is -0.455 e. The number of anilines is 5. The molecule has 0 amide bonds. The molecule has 1 aromatic heterocycles. The summed E-state index contributed by atoms with van der Waals surface area (Å²) in [6.07, 6.45) is 0. The van der Waals surface area contributed by atoms with Crippen molar-refractivity contribution in [3.05, 3.63) is 176 Å². The molecule has 52 heavy (non-hydrogen) atoms. The van der Waals surface area contributed by atoms with Gasteiger partial charge in [-0.05, 0) is 87.3 Å². The van der Waals surface area contributed by atoms with E-state index in [1.54, 1.807) is 0 Å². The molecule has 3 aliphatic rings. The summed E-state index contributed by atoms with van der Waals surface area (Å²) in [6, 6.07) is 64.2. The Balaban J connectivity index is 1.13.